The fourth-order valence-corrected chi connectivity index (χ4v) is 2.85. The maximum Gasteiger partial charge on any atom is 0.215 e. The average molecular weight is 276 g/mol. The van der Waals surface area contributed by atoms with Gasteiger partial charge in [0.25, 0.3) is 0 Å². The minimum absolute atomic E-state index is 0.0647. The van der Waals surface area contributed by atoms with E-state index in [1.807, 2.05) is 0 Å². The van der Waals surface area contributed by atoms with E-state index in [9.17, 15) is 8.42 Å². The minimum Gasteiger partial charge on any atom is -0.215 e. The molecule has 0 aromatic heterocycles. The quantitative estimate of drug-likeness (QED) is 0.868. The van der Waals surface area contributed by atoms with Gasteiger partial charge in [0.15, 0.2) is 0 Å². The van der Waals surface area contributed by atoms with Crippen LogP contribution >= 0.6 is 11.6 Å². The van der Waals surface area contributed by atoms with Gasteiger partial charge in [0.1, 0.15) is 0 Å². The van der Waals surface area contributed by atoms with Crippen LogP contribution in [0, 0.1) is 5.92 Å². The van der Waals surface area contributed by atoms with Gasteiger partial charge >= 0.3 is 0 Å². The van der Waals surface area contributed by atoms with Crippen LogP contribution in [0.2, 0.25) is 5.02 Å². The monoisotopic (exact) mass is 275 g/mol. The van der Waals surface area contributed by atoms with Crippen molar-refractivity contribution in [3.63, 3.8) is 0 Å². The predicted octanol–water partition coefficient (Wildman–Crippen LogP) is 2.81. The highest BCUT2D eigenvalue weighted by molar-refractivity contribution is 7.88. The fourth-order valence-electron chi connectivity index (χ4n) is 1.37. The molecule has 0 radical (unpaired) electrons. The van der Waals surface area contributed by atoms with Crippen LogP contribution in [-0.2, 0) is 15.8 Å². The number of rotatable bonds is 6. The molecule has 17 heavy (non-hydrogen) atoms. The molecule has 1 N–H and O–H groups in total. The Balaban J connectivity index is 2.58. The number of hydrogen-bond donors (Lipinski definition) is 1. The first-order chi connectivity index (χ1) is 7.91. The van der Waals surface area contributed by atoms with Crippen molar-refractivity contribution in [2.45, 2.75) is 26.0 Å². The van der Waals surface area contributed by atoms with Crippen molar-refractivity contribution in [1.29, 1.82) is 0 Å². The van der Waals surface area contributed by atoms with E-state index in [2.05, 4.69) is 18.6 Å². The summed E-state index contributed by atoms with van der Waals surface area (Å²) in [5, 5.41) is 0.488. The molecular formula is C12H18ClNO2S. The third-order valence-corrected chi connectivity index (χ3v) is 4.05. The summed E-state index contributed by atoms with van der Waals surface area (Å²) in [5.74, 6) is 0.420. The fraction of sp³-hybridized carbons (Fsp3) is 0.500. The maximum absolute atomic E-state index is 11.8. The number of nitrogens with one attached hydrogen (secondary N) is 1. The normalized spacial score (nSPS) is 12.0. The summed E-state index contributed by atoms with van der Waals surface area (Å²) < 4.78 is 26.1. The largest absolute Gasteiger partial charge is 0.215 e. The molecule has 0 bridgehead atoms. The molecule has 0 amide bonds. The van der Waals surface area contributed by atoms with E-state index in [0.717, 1.165) is 6.42 Å². The summed E-state index contributed by atoms with van der Waals surface area (Å²) in [6.07, 6.45) is 0.835. The zero-order valence-electron chi connectivity index (χ0n) is 10.1. The molecule has 0 unspecified atom stereocenters. The van der Waals surface area contributed by atoms with Crippen molar-refractivity contribution in [2.24, 2.45) is 5.92 Å². The SMILES string of the molecule is CC(C)CCNS(=O)(=O)Cc1ccccc1Cl. The summed E-state index contributed by atoms with van der Waals surface area (Å²) in [4.78, 5) is 0. The van der Waals surface area contributed by atoms with Crippen molar-refractivity contribution in [3.8, 4) is 0 Å². The van der Waals surface area contributed by atoms with Gasteiger partial charge in [-0.15, -0.1) is 0 Å². The molecular weight excluding hydrogens is 258 g/mol. The maximum atomic E-state index is 11.8. The zero-order valence-corrected chi connectivity index (χ0v) is 11.7. The molecule has 96 valence electrons. The third-order valence-electron chi connectivity index (χ3n) is 2.35. The zero-order chi connectivity index (χ0) is 12.9. The Bertz CT molecular complexity index is 457. The Morgan fingerprint density at radius 2 is 1.94 bits per heavy atom. The van der Waals surface area contributed by atoms with E-state index in [4.69, 9.17) is 11.6 Å². The van der Waals surface area contributed by atoms with Gasteiger partial charge in [-0.25, -0.2) is 13.1 Å². The molecule has 0 spiro atoms. The highest BCUT2D eigenvalue weighted by atomic mass is 35.5. The van der Waals surface area contributed by atoms with E-state index in [1.165, 1.54) is 0 Å². The van der Waals surface area contributed by atoms with Crippen molar-refractivity contribution in [3.05, 3.63) is 34.9 Å². The Kier molecular flexibility index (Phi) is 5.43. The van der Waals surface area contributed by atoms with Crippen LogP contribution in [0.1, 0.15) is 25.8 Å². The lowest BCUT2D eigenvalue weighted by Crippen LogP contribution is -2.27. The molecule has 0 aliphatic heterocycles. The number of halogens is 1. The average Bonchev–Trinajstić information content (AvgIpc) is 2.20. The molecule has 0 aliphatic rings. The van der Waals surface area contributed by atoms with Crippen LogP contribution in [0.15, 0.2) is 24.3 Å². The lowest BCUT2D eigenvalue weighted by molar-refractivity contribution is 0.551. The Hall–Kier alpha value is -0.580. The first-order valence-electron chi connectivity index (χ1n) is 5.61. The van der Waals surface area contributed by atoms with Crippen molar-refractivity contribution >= 4 is 21.6 Å². The molecule has 3 nitrogen and oxygen atoms in total. The van der Waals surface area contributed by atoms with E-state index < -0.39 is 10.0 Å². The summed E-state index contributed by atoms with van der Waals surface area (Å²) in [5.41, 5.74) is 0.631. The molecule has 0 saturated carbocycles. The third kappa shape index (κ3) is 5.52. The van der Waals surface area contributed by atoms with Crippen LogP contribution in [0.3, 0.4) is 0 Å². The second-order valence-electron chi connectivity index (χ2n) is 4.43. The summed E-state index contributed by atoms with van der Waals surface area (Å²) >= 11 is 5.92. The summed E-state index contributed by atoms with van der Waals surface area (Å²) in [7, 11) is -3.29. The van der Waals surface area contributed by atoms with Crippen LogP contribution in [0.4, 0.5) is 0 Å². The predicted molar refractivity (Wildman–Crippen MR) is 71.5 cm³/mol. The molecule has 0 fully saturated rings. The Morgan fingerprint density at radius 3 is 2.53 bits per heavy atom. The van der Waals surface area contributed by atoms with Crippen LogP contribution in [0.5, 0.6) is 0 Å². The lowest BCUT2D eigenvalue weighted by Gasteiger charge is -2.09. The van der Waals surface area contributed by atoms with Gasteiger partial charge in [0.2, 0.25) is 10.0 Å². The van der Waals surface area contributed by atoms with E-state index in [1.54, 1.807) is 24.3 Å². The van der Waals surface area contributed by atoms with Crippen LogP contribution in [0.25, 0.3) is 0 Å². The molecule has 1 rings (SSSR count). The molecule has 0 atom stereocenters. The van der Waals surface area contributed by atoms with E-state index in [0.29, 0.717) is 23.0 Å². The first-order valence-corrected chi connectivity index (χ1v) is 7.64. The van der Waals surface area contributed by atoms with Gasteiger partial charge in [-0.2, -0.15) is 0 Å². The Labute approximate surface area is 108 Å². The van der Waals surface area contributed by atoms with Crippen LogP contribution in [-0.4, -0.2) is 15.0 Å². The molecule has 5 heteroatoms. The van der Waals surface area contributed by atoms with Crippen molar-refractivity contribution < 1.29 is 8.42 Å². The Morgan fingerprint density at radius 1 is 1.29 bits per heavy atom. The molecule has 0 aliphatic carbocycles. The summed E-state index contributed by atoms with van der Waals surface area (Å²) in [6.45, 7) is 4.59. The van der Waals surface area contributed by atoms with Gasteiger partial charge in [0.05, 0.1) is 5.75 Å². The summed E-state index contributed by atoms with van der Waals surface area (Å²) in [6, 6.07) is 6.99. The highest BCUT2D eigenvalue weighted by Gasteiger charge is 2.12. The molecule has 1 aromatic rings. The van der Waals surface area contributed by atoms with E-state index >= 15 is 0 Å². The number of hydrogen-bond acceptors (Lipinski definition) is 2. The second kappa shape index (κ2) is 6.38. The standard InChI is InChI=1S/C12H18ClNO2S/c1-10(2)7-8-14-17(15,16)9-11-5-3-4-6-12(11)13/h3-6,10,14H,7-9H2,1-2H3. The van der Waals surface area contributed by atoms with Crippen LogP contribution < -0.4 is 4.72 Å². The molecule has 0 saturated heterocycles. The van der Waals surface area contributed by atoms with Gasteiger partial charge in [-0.1, -0.05) is 43.6 Å². The lowest BCUT2D eigenvalue weighted by atomic mass is 10.1. The van der Waals surface area contributed by atoms with Gasteiger partial charge in [0, 0.05) is 11.6 Å². The van der Waals surface area contributed by atoms with E-state index in [-0.39, 0.29) is 5.75 Å². The van der Waals surface area contributed by atoms with Crippen molar-refractivity contribution in [2.75, 3.05) is 6.54 Å². The number of sulfonamides is 1. The number of benzene rings is 1. The molecule has 1 aromatic carbocycles. The van der Waals surface area contributed by atoms with Gasteiger partial charge in [-0.05, 0) is 24.0 Å². The second-order valence-corrected chi connectivity index (χ2v) is 6.64. The first kappa shape index (κ1) is 14.5. The highest BCUT2D eigenvalue weighted by Crippen LogP contribution is 2.17. The smallest absolute Gasteiger partial charge is 0.215 e. The topological polar surface area (TPSA) is 46.2 Å². The van der Waals surface area contributed by atoms with Gasteiger partial charge < -0.3 is 0 Å². The minimum atomic E-state index is -3.29. The van der Waals surface area contributed by atoms with Gasteiger partial charge in [-0.3, -0.25) is 0 Å². The molecule has 0 heterocycles. The van der Waals surface area contributed by atoms with Crippen molar-refractivity contribution in [1.82, 2.24) is 4.72 Å².